The van der Waals surface area contributed by atoms with Crippen LogP contribution >= 0.6 is 15.9 Å². The summed E-state index contributed by atoms with van der Waals surface area (Å²) in [4.78, 5) is 20.4. The molecule has 0 bridgehead atoms. The van der Waals surface area contributed by atoms with Gasteiger partial charge in [0.25, 0.3) is 5.91 Å². The first-order valence-corrected chi connectivity index (χ1v) is 7.96. The number of hydrogen-bond acceptors (Lipinski definition) is 4. The minimum Gasteiger partial charge on any atom is -0.369 e. The van der Waals surface area contributed by atoms with Crippen molar-refractivity contribution in [2.45, 2.75) is 20.3 Å². The second kappa shape index (κ2) is 7.89. The summed E-state index contributed by atoms with van der Waals surface area (Å²) in [7, 11) is 0. The van der Waals surface area contributed by atoms with E-state index in [-0.39, 0.29) is 11.6 Å². The number of anilines is 2. The van der Waals surface area contributed by atoms with Crippen molar-refractivity contribution in [1.29, 1.82) is 0 Å². The quantitative estimate of drug-likeness (QED) is 0.816. The maximum Gasteiger partial charge on any atom is 0.275 e. The molecule has 0 saturated carbocycles. The highest BCUT2D eigenvalue weighted by atomic mass is 79.9. The molecule has 1 heterocycles. The Bertz CT molecular complexity index is 628. The molecule has 1 aromatic carbocycles. The SMILES string of the molecule is CC(C)CCNc1cnc(C(=O)Nc2cccc(Br)c2)cn1. The third kappa shape index (κ3) is 5.11. The third-order valence-electron chi connectivity index (χ3n) is 2.99. The summed E-state index contributed by atoms with van der Waals surface area (Å²) in [5.41, 5.74) is 0.995. The summed E-state index contributed by atoms with van der Waals surface area (Å²) in [5.74, 6) is 1.04. The Labute approximate surface area is 138 Å². The van der Waals surface area contributed by atoms with E-state index in [1.54, 1.807) is 6.20 Å². The highest BCUT2D eigenvalue weighted by Crippen LogP contribution is 2.16. The topological polar surface area (TPSA) is 66.9 Å². The minimum atomic E-state index is -0.278. The lowest BCUT2D eigenvalue weighted by atomic mass is 10.1. The number of nitrogens with one attached hydrogen (secondary N) is 2. The largest absolute Gasteiger partial charge is 0.369 e. The maximum atomic E-state index is 12.1. The van der Waals surface area contributed by atoms with Crippen molar-refractivity contribution in [3.8, 4) is 0 Å². The standard InChI is InChI=1S/C16H19BrN4O/c1-11(2)6-7-18-15-10-19-14(9-20-15)16(22)21-13-5-3-4-12(17)8-13/h3-5,8-11H,6-7H2,1-2H3,(H,18,20)(H,21,22). The van der Waals surface area contributed by atoms with Gasteiger partial charge in [-0.2, -0.15) is 0 Å². The monoisotopic (exact) mass is 362 g/mol. The Morgan fingerprint density at radius 2 is 2.09 bits per heavy atom. The molecule has 116 valence electrons. The summed E-state index contributed by atoms with van der Waals surface area (Å²) < 4.78 is 0.904. The maximum absolute atomic E-state index is 12.1. The molecule has 0 saturated heterocycles. The Morgan fingerprint density at radius 1 is 1.27 bits per heavy atom. The van der Waals surface area contributed by atoms with Gasteiger partial charge in [-0.25, -0.2) is 9.97 Å². The zero-order chi connectivity index (χ0) is 15.9. The molecule has 0 fully saturated rings. The second-order valence-electron chi connectivity index (χ2n) is 5.36. The fourth-order valence-corrected chi connectivity index (χ4v) is 2.19. The van der Waals surface area contributed by atoms with Crippen LogP contribution < -0.4 is 10.6 Å². The van der Waals surface area contributed by atoms with Crippen LogP contribution in [0.2, 0.25) is 0 Å². The van der Waals surface area contributed by atoms with E-state index < -0.39 is 0 Å². The summed E-state index contributed by atoms with van der Waals surface area (Å²) in [6, 6.07) is 7.39. The molecule has 0 unspecified atom stereocenters. The van der Waals surface area contributed by atoms with E-state index in [4.69, 9.17) is 0 Å². The number of carbonyl (C=O) groups is 1. The zero-order valence-electron chi connectivity index (χ0n) is 12.6. The molecule has 1 amide bonds. The van der Waals surface area contributed by atoms with Crippen LogP contribution in [0.1, 0.15) is 30.8 Å². The lowest BCUT2D eigenvalue weighted by Crippen LogP contribution is -2.14. The van der Waals surface area contributed by atoms with Crippen LogP contribution in [0.4, 0.5) is 11.5 Å². The summed E-state index contributed by atoms with van der Waals surface area (Å²) in [6.07, 6.45) is 4.12. The van der Waals surface area contributed by atoms with Gasteiger partial charge in [0.15, 0.2) is 0 Å². The molecular weight excluding hydrogens is 344 g/mol. The average Bonchev–Trinajstić information content (AvgIpc) is 2.47. The molecule has 0 aliphatic carbocycles. The number of hydrogen-bond donors (Lipinski definition) is 2. The molecule has 6 heteroatoms. The summed E-state index contributed by atoms with van der Waals surface area (Å²) in [6.45, 7) is 5.18. The van der Waals surface area contributed by atoms with Gasteiger partial charge in [-0.3, -0.25) is 4.79 Å². The number of aromatic nitrogens is 2. The molecule has 2 rings (SSSR count). The molecule has 0 atom stereocenters. The summed E-state index contributed by atoms with van der Waals surface area (Å²) in [5, 5.41) is 5.97. The van der Waals surface area contributed by atoms with Crippen molar-refractivity contribution in [1.82, 2.24) is 9.97 Å². The molecule has 0 radical (unpaired) electrons. The van der Waals surface area contributed by atoms with Gasteiger partial charge in [0.05, 0.1) is 12.4 Å². The van der Waals surface area contributed by atoms with Gasteiger partial charge in [-0.1, -0.05) is 35.8 Å². The van der Waals surface area contributed by atoms with Gasteiger partial charge >= 0.3 is 0 Å². The smallest absolute Gasteiger partial charge is 0.275 e. The fraction of sp³-hybridized carbons (Fsp3) is 0.312. The van der Waals surface area contributed by atoms with Crippen LogP contribution in [0.25, 0.3) is 0 Å². The number of amides is 1. The van der Waals surface area contributed by atoms with Crippen molar-refractivity contribution in [3.05, 3.63) is 46.8 Å². The molecule has 22 heavy (non-hydrogen) atoms. The van der Waals surface area contributed by atoms with E-state index in [0.29, 0.717) is 17.4 Å². The van der Waals surface area contributed by atoms with Crippen LogP contribution in [0, 0.1) is 5.92 Å². The third-order valence-corrected chi connectivity index (χ3v) is 3.49. The Kier molecular flexibility index (Phi) is 5.89. The second-order valence-corrected chi connectivity index (χ2v) is 6.28. The fourth-order valence-electron chi connectivity index (χ4n) is 1.79. The van der Waals surface area contributed by atoms with E-state index in [0.717, 1.165) is 17.4 Å². The van der Waals surface area contributed by atoms with Crippen LogP contribution in [0.15, 0.2) is 41.1 Å². The first-order chi connectivity index (χ1) is 10.5. The van der Waals surface area contributed by atoms with Crippen molar-refractivity contribution in [3.63, 3.8) is 0 Å². The molecule has 1 aromatic heterocycles. The lowest BCUT2D eigenvalue weighted by molar-refractivity contribution is 0.102. The molecule has 5 nitrogen and oxygen atoms in total. The lowest BCUT2D eigenvalue weighted by Gasteiger charge is -2.08. The van der Waals surface area contributed by atoms with Gasteiger partial charge in [-0.05, 0) is 30.5 Å². The Hall–Kier alpha value is -1.95. The van der Waals surface area contributed by atoms with Gasteiger partial charge in [0.1, 0.15) is 11.5 Å². The van der Waals surface area contributed by atoms with Crippen molar-refractivity contribution < 1.29 is 4.79 Å². The molecule has 0 aliphatic heterocycles. The molecule has 2 aromatic rings. The van der Waals surface area contributed by atoms with Gasteiger partial charge in [0.2, 0.25) is 0 Å². The van der Waals surface area contributed by atoms with Crippen LogP contribution in [-0.4, -0.2) is 22.4 Å². The minimum absolute atomic E-state index is 0.278. The van der Waals surface area contributed by atoms with Gasteiger partial charge < -0.3 is 10.6 Å². The molecular formula is C16H19BrN4O. The predicted octanol–water partition coefficient (Wildman–Crippen LogP) is 3.95. The van der Waals surface area contributed by atoms with E-state index in [9.17, 15) is 4.79 Å². The van der Waals surface area contributed by atoms with Gasteiger partial charge in [0, 0.05) is 16.7 Å². The normalized spacial score (nSPS) is 10.5. The van der Waals surface area contributed by atoms with Crippen molar-refractivity contribution >= 4 is 33.3 Å². The van der Waals surface area contributed by atoms with Gasteiger partial charge in [-0.15, -0.1) is 0 Å². The Morgan fingerprint density at radius 3 is 2.73 bits per heavy atom. The highest BCUT2D eigenvalue weighted by molar-refractivity contribution is 9.10. The number of nitrogens with zero attached hydrogens (tertiary/aromatic N) is 2. The Balaban J connectivity index is 1.93. The first kappa shape index (κ1) is 16.4. The highest BCUT2D eigenvalue weighted by Gasteiger charge is 2.08. The average molecular weight is 363 g/mol. The predicted molar refractivity (Wildman–Crippen MR) is 92.1 cm³/mol. The van der Waals surface area contributed by atoms with Crippen molar-refractivity contribution in [2.24, 2.45) is 5.92 Å². The van der Waals surface area contributed by atoms with Crippen LogP contribution in [0.3, 0.4) is 0 Å². The van der Waals surface area contributed by atoms with Crippen LogP contribution in [-0.2, 0) is 0 Å². The number of rotatable bonds is 6. The number of halogens is 1. The molecule has 0 spiro atoms. The van der Waals surface area contributed by atoms with E-state index in [2.05, 4.69) is 50.4 Å². The first-order valence-electron chi connectivity index (χ1n) is 7.17. The van der Waals surface area contributed by atoms with Crippen molar-refractivity contribution in [2.75, 3.05) is 17.2 Å². The molecule has 2 N–H and O–H groups in total. The van der Waals surface area contributed by atoms with E-state index in [1.807, 2.05) is 24.3 Å². The molecule has 0 aliphatic rings. The van der Waals surface area contributed by atoms with Crippen LogP contribution in [0.5, 0.6) is 0 Å². The van der Waals surface area contributed by atoms with E-state index >= 15 is 0 Å². The number of benzene rings is 1. The number of carbonyl (C=O) groups excluding carboxylic acids is 1. The van der Waals surface area contributed by atoms with E-state index in [1.165, 1.54) is 6.20 Å². The summed E-state index contributed by atoms with van der Waals surface area (Å²) >= 11 is 3.36. The zero-order valence-corrected chi connectivity index (χ0v) is 14.2.